The van der Waals surface area contributed by atoms with E-state index in [1.807, 2.05) is 0 Å². The molecule has 24 heavy (non-hydrogen) atoms. The molecule has 2 aromatic rings. The second kappa shape index (κ2) is 6.92. The van der Waals surface area contributed by atoms with Crippen LogP contribution in [0.5, 0.6) is 0 Å². The number of furan rings is 1. The number of nitrogens with one attached hydrogen (secondary N) is 1. The highest BCUT2D eigenvalue weighted by molar-refractivity contribution is 9.10. The fraction of sp³-hybridized carbons (Fsp3) is 0.0625. The van der Waals surface area contributed by atoms with Gasteiger partial charge in [-0.2, -0.15) is 0 Å². The minimum absolute atomic E-state index is 0.152. The normalized spacial score (nSPS) is 16.1. The van der Waals surface area contributed by atoms with E-state index in [1.165, 1.54) is 23.6 Å². The number of halogens is 1. The molecule has 1 aromatic heterocycles. The third-order valence-electron chi connectivity index (χ3n) is 3.11. The lowest BCUT2D eigenvalue weighted by Gasteiger charge is -2.15. The molecule has 122 valence electrons. The summed E-state index contributed by atoms with van der Waals surface area (Å²) in [6, 6.07) is 10.4. The minimum atomic E-state index is -0.204. The third-order valence-corrected chi connectivity index (χ3v) is 4.84. The largest absolute Gasteiger partial charge is 0.450 e. The highest BCUT2D eigenvalue weighted by Gasteiger charge is 2.33. The Labute approximate surface area is 156 Å². The molecular weight excluding hydrogens is 412 g/mol. The van der Waals surface area contributed by atoms with Crippen molar-refractivity contribution >= 4 is 73.5 Å². The van der Waals surface area contributed by atoms with Crippen molar-refractivity contribution in [2.75, 3.05) is 10.2 Å². The van der Waals surface area contributed by atoms with Crippen molar-refractivity contribution in [1.29, 1.82) is 0 Å². The molecule has 0 radical (unpaired) electrons. The number of nitrogens with zero attached hydrogens (tertiary/aromatic N) is 1. The number of benzene rings is 1. The summed E-state index contributed by atoms with van der Waals surface area (Å²) in [5, 5.41) is 2.68. The van der Waals surface area contributed by atoms with Crippen molar-refractivity contribution in [3.05, 3.63) is 51.7 Å². The van der Waals surface area contributed by atoms with Gasteiger partial charge in [-0.05, 0) is 52.3 Å². The van der Waals surface area contributed by atoms with Crippen molar-refractivity contribution in [2.45, 2.75) is 6.92 Å². The van der Waals surface area contributed by atoms with Gasteiger partial charge in [0.2, 0.25) is 5.91 Å². The summed E-state index contributed by atoms with van der Waals surface area (Å²) in [4.78, 5) is 25.6. The number of thiocarbonyl (C=S) groups is 1. The predicted molar refractivity (Wildman–Crippen MR) is 103 cm³/mol. The molecule has 0 saturated carbocycles. The van der Waals surface area contributed by atoms with Crippen LogP contribution in [0.2, 0.25) is 0 Å². The van der Waals surface area contributed by atoms with Crippen LogP contribution in [0.15, 0.2) is 50.4 Å². The summed E-state index contributed by atoms with van der Waals surface area (Å²) >= 11 is 9.76. The molecule has 0 unspecified atom stereocenters. The van der Waals surface area contributed by atoms with Crippen molar-refractivity contribution in [2.24, 2.45) is 0 Å². The maximum absolute atomic E-state index is 12.6. The zero-order chi connectivity index (χ0) is 17.3. The zero-order valence-electron chi connectivity index (χ0n) is 12.4. The SMILES string of the molecule is CC(=O)Nc1ccc(N2C(=O)/C(=C\c3ccc(Br)o3)SC2=S)cc1. The van der Waals surface area contributed by atoms with E-state index in [1.54, 1.807) is 42.5 Å². The molecule has 1 N–H and O–H groups in total. The average Bonchev–Trinajstić information content (AvgIpc) is 3.04. The number of thioether (sulfide) groups is 1. The fourth-order valence-electron chi connectivity index (χ4n) is 2.12. The van der Waals surface area contributed by atoms with Gasteiger partial charge >= 0.3 is 0 Å². The second-order valence-electron chi connectivity index (χ2n) is 4.89. The van der Waals surface area contributed by atoms with Gasteiger partial charge < -0.3 is 9.73 Å². The summed E-state index contributed by atoms with van der Waals surface area (Å²) in [6.07, 6.45) is 1.66. The van der Waals surface area contributed by atoms with Crippen molar-refractivity contribution in [3.8, 4) is 0 Å². The van der Waals surface area contributed by atoms with Crippen LogP contribution in [0.1, 0.15) is 12.7 Å². The molecule has 0 bridgehead atoms. The molecule has 3 rings (SSSR count). The first-order chi connectivity index (χ1) is 11.4. The predicted octanol–water partition coefficient (Wildman–Crippen LogP) is 4.41. The molecule has 0 spiro atoms. The first-order valence-electron chi connectivity index (χ1n) is 6.85. The molecule has 1 aromatic carbocycles. The number of amides is 2. The molecule has 1 aliphatic heterocycles. The Balaban J connectivity index is 1.84. The number of rotatable bonds is 3. The standard InChI is InChI=1S/C16H11BrN2O3S2/c1-9(20)18-10-2-4-11(5-3-10)19-15(21)13(24-16(19)23)8-12-6-7-14(17)22-12/h2-8H,1H3,(H,18,20)/b13-8+. The van der Waals surface area contributed by atoms with Gasteiger partial charge in [0, 0.05) is 18.7 Å². The molecule has 2 heterocycles. The van der Waals surface area contributed by atoms with Crippen LogP contribution in [0.3, 0.4) is 0 Å². The minimum Gasteiger partial charge on any atom is -0.450 e. The number of anilines is 2. The van der Waals surface area contributed by atoms with Gasteiger partial charge in [-0.25, -0.2) is 0 Å². The van der Waals surface area contributed by atoms with Crippen LogP contribution in [0.25, 0.3) is 6.08 Å². The molecule has 5 nitrogen and oxygen atoms in total. The molecule has 1 saturated heterocycles. The van der Waals surface area contributed by atoms with Gasteiger partial charge in [0.25, 0.3) is 5.91 Å². The van der Waals surface area contributed by atoms with Crippen LogP contribution >= 0.6 is 39.9 Å². The van der Waals surface area contributed by atoms with E-state index in [4.69, 9.17) is 16.6 Å². The van der Waals surface area contributed by atoms with Gasteiger partial charge in [0.05, 0.1) is 10.6 Å². The van der Waals surface area contributed by atoms with Gasteiger partial charge in [-0.15, -0.1) is 0 Å². The van der Waals surface area contributed by atoms with E-state index < -0.39 is 0 Å². The Bertz CT molecular complexity index is 858. The fourth-order valence-corrected chi connectivity index (χ4v) is 3.72. The van der Waals surface area contributed by atoms with Gasteiger partial charge in [0.15, 0.2) is 8.99 Å². The molecule has 0 aliphatic carbocycles. The maximum atomic E-state index is 12.6. The van der Waals surface area contributed by atoms with Gasteiger partial charge in [0.1, 0.15) is 5.76 Å². The highest BCUT2D eigenvalue weighted by Crippen LogP contribution is 2.36. The van der Waals surface area contributed by atoms with Gasteiger partial charge in [-0.1, -0.05) is 24.0 Å². The smallest absolute Gasteiger partial charge is 0.270 e. The first kappa shape index (κ1) is 16.9. The Kier molecular flexibility index (Phi) is 4.88. The summed E-state index contributed by atoms with van der Waals surface area (Å²) < 4.78 is 6.44. The number of carbonyl (C=O) groups is 2. The molecule has 2 amide bonds. The lowest BCUT2D eigenvalue weighted by Crippen LogP contribution is -2.27. The van der Waals surface area contributed by atoms with E-state index >= 15 is 0 Å². The van der Waals surface area contributed by atoms with Crippen LogP contribution < -0.4 is 10.2 Å². The van der Waals surface area contributed by atoms with Crippen LogP contribution in [0, 0.1) is 0 Å². The number of hydrogen-bond acceptors (Lipinski definition) is 5. The molecule has 1 aliphatic rings. The van der Waals surface area contributed by atoms with Crippen LogP contribution in [-0.4, -0.2) is 16.1 Å². The lowest BCUT2D eigenvalue weighted by molar-refractivity contribution is -0.114. The molecule has 1 fully saturated rings. The molecular formula is C16H11BrN2O3S2. The number of carbonyl (C=O) groups excluding carboxylic acids is 2. The topological polar surface area (TPSA) is 62.6 Å². The van der Waals surface area contributed by atoms with Crippen molar-refractivity contribution < 1.29 is 14.0 Å². The quantitative estimate of drug-likeness (QED) is 0.586. The second-order valence-corrected chi connectivity index (χ2v) is 7.34. The van der Waals surface area contributed by atoms with E-state index in [2.05, 4.69) is 21.2 Å². The Morgan fingerprint density at radius 1 is 1.29 bits per heavy atom. The summed E-state index contributed by atoms with van der Waals surface area (Å²) in [5.41, 5.74) is 1.31. The van der Waals surface area contributed by atoms with E-state index in [-0.39, 0.29) is 11.8 Å². The monoisotopic (exact) mass is 422 g/mol. The maximum Gasteiger partial charge on any atom is 0.270 e. The van der Waals surface area contributed by atoms with Crippen molar-refractivity contribution in [3.63, 3.8) is 0 Å². The Morgan fingerprint density at radius 2 is 2.00 bits per heavy atom. The summed E-state index contributed by atoms with van der Waals surface area (Å²) in [7, 11) is 0. The van der Waals surface area contributed by atoms with E-state index in [0.717, 1.165) is 0 Å². The Hall–Kier alpha value is -1.90. The molecule has 8 heteroatoms. The van der Waals surface area contributed by atoms with E-state index in [0.29, 0.717) is 31.0 Å². The average molecular weight is 423 g/mol. The third kappa shape index (κ3) is 3.61. The lowest BCUT2D eigenvalue weighted by atomic mass is 10.2. The summed E-state index contributed by atoms with van der Waals surface area (Å²) in [5.74, 6) is 0.217. The van der Waals surface area contributed by atoms with E-state index in [9.17, 15) is 9.59 Å². The molecule has 0 atom stereocenters. The first-order valence-corrected chi connectivity index (χ1v) is 8.87. The van der Waals surface area contributed by atoms with Crippen LogP contribution in [-0.2, 0) is 9.59 Å². The van der Waals surface area contributed by atoms with Crippen molar-refractivity contribution in [1.82, 2.24) is 0 Å². The number of hydrogen-bond donors (Lipinski definition) is 1. The Morgan fingerprint density at radius 3 is 2.58 bits per heavy atom. The zero-order valence-corrected chi connectivity index (χ0v) is 15.6. The summed E-state index contributed by atoms with van der Waals surface area (Å²) in [6.45, 7) is 1.44. The van der Waals surface area contributed by atoms with Gasteiger partial charge in [-0.3, -0.25) is 14.5 Å². The van der Waals surface area contributed by atoms with Crippen LogP contribution in [0.4, 0.5) is 11.4 Å². The highest BCUT2D eigenvalue weighted by atomic mass is 79.9.